The molecule has 2 heteroatoms. The van der Waals surface area contributed by atoms with E-state index in [0.717, 1.165) is 23.5 Å². The number of benzene rings is 1. The van der Waals surface area contributed by atoms with E-state index in [9.17, 15) is 0 Å². The zero-order valence-corrected chi connectivity index (χ0v) is 9.14. The zero-order valence-electron chi connectivity index (χ0n) is 9.14. The summed E-state index contributed by atoms with van der Waals surface area (Å²) < 4.78 is 0. The van der Waals surface area contributed by atoms with Gasteiger partial charge in [0.2, 0.25) is 0 Å². The van der Waals surface area contributed by atoms with Crippen molar-refractivity contribution in [3.63, 3.8) is 0 Å². The molecule has 0 amide bonds. The maximum atomic E-state index is 4.62. The topological polar surface area (TPSA) is 25.2 Å². The van der Waals surface area contributed by atoms with Gasteiger partial charge >= 0.3 is 0 Å². The molecule has 2 nitrogen and oxygen atoms in total. The van der Waals surface area contributed by atoms with Gasteiger partial charge in [-0.3, -0.25) is 9.98 Å². The van der Waals surface area contributed by atoms with Crippen molar-refractivity contribution in [2.75, 3.05) is 0 Å². The first-order valence-corrected chi connectivity index (χ1v) is 5.41. The Balaban J connectivity index is 2.00. The number of fused-ring (bicyclic) bond motifs is 1. The zero-order chi connectivity index (χ0) is 11.0. The van der Waals surface area contributed by atoms with Crippen LogP contribution in [-0.4, -0.2) is 10.7 Å². The number of aromatic nitrogens is 1. The number of rotatable bonds is 1. The molecular weight excluding hydrogens is 196 g/mol. The Kier molecular flexibility index (Phi) is 2.07. The molecule has 2 aromatic rings. The van der Waals surface area contributed by atoms with Gasteiger partial charge in [0.25, 0.3) is 0 Å². The first-order chi connectivity index (χ1) is 7.83. The van der Waals surface area contributed by atoms with Crippen LogP contribution in [0, 0.1) is 6.92 Å². The van der Waals surface area contributed by atoms with Gasteiger partial charge in [0.05, 0.1) is 17.1 Å². The molecule has 0 bridgehead atoms. The van der Waals surface area contributed by atoms with E-state index in [-0.39, 0.29) is 0 Å². The van der Waals surface area contributed by atoms with Crippen LogP contribution in [-0.2, 0) is 6.42 Å². The number of pyridine rings is 1. The molecule has 0 aliphatic carbocycles. The first kappa shape index (κ1) is 9.28. The highest BCUT2D eigenvalue weighted by Crippen LogP contribution is 2.28. The maximum Gasteiger partial charge on any atom is 0.0848 e. The third-order valence-electron chi connectivity index (χ3n) is 2.81. The smallest absolute Gasteiger partial charge is 0.0848 e. The molecule has 16 heavy (non-hydrogen) atoms. The fraction of sp³-hybridized carbons (Fsp3) is 0.143. The van der Waals surface area contributed by atoms with Crippen molar-refractivity contribution in [1.29, 1.82) is 0 Å². The van der Waals surface area contributed by atoms with Gasteiger partial charge in [0, 0.05) is 12.6 Å². The Morgan fingerprint density at radius 1 is 1.12 bits per heavy atom. The van der Waals surface area contributed by atoms with Crippen molar-refractivity contribution >= 4 is 11.4 Å². The van der Waals surface area contributed by atoms with Crippen LogP contribution in [0.2, 0.25) is 0 Å². The summed E-state index contributed by atoms with van der Waals surface area (Å²) in [6, 6.07) is 12.3. The van der Waals surface area contributed by atoms with Crippen molar-refractivity contribution in [2.24, 2.45) is 4.99 Å². The van der Waals surface area contributed by atoms with Crippen LogP contribution in [0.5, 0.6) is 0 Å². The fourth-order valence-electron chi connectivity index (χ4n) is 2.01. The molecule has 78 valence electrons. The van der Waals surface area contributed by atoms with Crippen molar-refractivity contribution in [3.05, 3.63) is 59.4 Å². The monoisotopic (exact) mass is 208 g/mol. The largest absolute Gasteiger partial charge is 0.255 e. The third kappa shape index (κ3) is 1.52. The van der Waals surface area contributed by atoms with Crippen LogP contribution in [0.15, 0.2) is 47.6 Å². The van der Waals surface area contributed by atoms with Crippen molar-refractivity contribution < 1.29 is 0 Å². The summed E-state index contributed by atoms with van der Waals surface area (Å²) in [6.45, 7) is 2.11. The van der Waals surface area contributed by atoms with E-state index < -0.39 is 0 Å². The lowest BCUT2D eigenvalue weighted by atomic mass is 10.1. The van der Waals surface area contributed by atoms with Gasteiger partial charge in [-0.05, 0) is 30.7 Å². The Bertz CT molecular complexity index is 556. The van der Waals surface area contributed by atoms with Crippen molar-refractivity contribution in [3.8, 4) is 0 Å². The Morgan fingerprint density at radius 2 is 2.06 bits per heavy atom. The van der Waals surface area contributed by atoms with Crippen molar-refractivity contribution in [1.82, 2.24) is 4.98 Å². The molecular formula is C14H12N2. The second-order valence-electron chi connectivity index (χ2n) is 4.08. The van der Waals surface area contributed by atoms with Crippen LogP contribution in [0.3, 0.4) is 0 Å². The van der Waals surface area contributed by atoms with Crippen LogP contribution < -0.4 is 0 Å². The van der Waals surface area contributed by atoms with E-state index in [4.69, 9.17) is 0 Å². The van der Waals surface area contributed by atoms with Crippen LogP contribution >= 0.6 is 0 Å². The predicted octanol–water partition coefficient (Wildman–Crippen LogP) is 3.07. The van der Waals surface area contributed by atoms with Gasteiger partial charge in [-0.2, -0.15) is 0 Å². The maximum absolute atomic E-state index is 4.62. The van der Waals surface area contributed by atoms with E-state index in [1.54, 1.807) is 0 Å². The standard InChI is InChI=1S/C14H12N2/c1-10-5-6-12-11(8-10)9-14(16-12)13-4-2-3-7-15-13/h2-8H,9H2,1H3. The number of aryl methyl sites for hydroxylation is 1. The third-order valence-corrected chi connectivity index (χ3v) is 2.81. The lowest BCUT2D eigenvalue weighted by molar-refractivity contribution is 1.26. The minimum atomic E-state index is 0.897. The van der Waals surface area contributed by atoms with E-state index >= 15 is 0 Å². The molecule has 1 aromatic heterocycles. The molecule has 1 aliphatic heterocycles. The molecule has 2 heterocycles. The van der Waals surface area contributed by atoms with E-state index in [0.29, 0.717) is 0 Å². The first-order valence-electron chi connectivity index (χ1n) is 5.41. The van der Waals surface area contributed by atoms with Crippen LogP contribution in [0.25, 0.3) is 0 Å². The highest BCUT2D eigenvalue weighted by atomic mass is 14.8. The van der Waals surface area contributed by atoms with Crippen LogP contribution in [0.4, 0.5) is 5.69 Å². The predicted molar refractivity (Wildman–Crippen MR) is 65.3 cm³/mol. The summed E-state index contributed by atoms with van der Waals surface area (Å²) in [5, 5.41) is 0. The van der Waals surface area contributed by atoms with Gasteiger partial charge < -0.3 is 0 Å². The molecule has 0 unspecified atom stereocenters. The van der Waals surface area contributed by atoms with Crippen molar-refractivity contribution in [2.45, 2.75) is 13.3 Å². The fourth-order valence-corrected chi connectivity index (χ4v) is 2.01. The number of hydrogen-bond acceptors (Lipinski definition) is 2. The second-order valence-corrected chi connectivity index (χ2v) is 4.08. The van der Waals surface area contributed by atoms with E-state index in [1.807, 2.05) is 24.4 Å². The quantitative estimate of drug-likeness (QED) is 0.707. The van der Waals surface area contributed by atoms with E-state index in [1.165, 1.54) is 11.1 Å². The highest BCUT2D eigenvalue weighted by molar-refractivity contribution is 6.05. The summed E-state index contributed by atoms with van der Waals surface area (Å²) in [5.74, 6) is 0. The van der Waals surface area contributed by atoms with Gasteiger partial charge in [-0.15, -0.1) is 0 Å². The molecule has 0 saturated heterocycles. The van der Waals surface area contributed by atoms with Gasteiger partial charge in [0.15, 0.2) is 0 Å². The van der Waals surface area contributed by atoms with Crippen LogP contribution in [0.1, 0.15) is 16.8 Å². The minimum Gasteiger partial charge on any atom is -0.255 e. The second kappa shape index (κ2) is 3.56. The van der Waals surface area contributed by atoms with Gasteiger partial charge in [0.1, 0.15) is 0 Å². The molecule has 1 aromatic carbocycles. The molecule has 1 aliphatic rings. The number of hydrogen-bond donors (Lipinski definition) is 0. The number of nitrogens with zero attached hydrogens (tertiary/aromatic N) is 2. The molecule has 0 radical (unpaired) electrons. The molecule has 0 atom stereocenters. The molecule has 0 N–H and O–H groups in total. The summed E-state index contributed by atoms with van der Waals surface area (Å²) in [4.78, 5) is 8.95. The molecule has 3 rings (SSSR count). The minimum absolute atomic E-state index is 0.897. The summed E-state index contributed by atoms with van der Waals surface area (Å²) in [7, 11) is 0. The Morgan fingerprint density at radius 3 is 2.88 bits per heavy atom. The van der Waals surface area contributed by atoms with E-state index in [2.05, 4.69) is 35.1 Å². The Hall–Kier alpha value is -1.96. The molecule has 0 saturated carbocycles. The SMILES string of the molecule is Cc1ccc2c(c1)CC(c1ccccn1)=N2. The van der Waals surface area contributed by atoms with Gasteiger partial charge in [-0.25, -0.2) is 0 Å². The Labute approximate surface area is 94.7 Å². The normalized spacial score (nSPS) is 13.4. The summed E-state index contributed by atoms with van der Waals surface area (Å²) >= 11 is 0. The molecule has 0 fully saturated rings. The summed E-state index contributed by atoms with van der Waals surface area (Å²) in [6.07, 6.45) is 2.71. The average molecular weight is 208 g/mol. The van der Waals surface area contributed by atoms with Gasteiger partial charge in [-0.1, -0.05) is 23.8 Å². The summed E-state index contributed by atoms with van der Waals surface area (Å²) in [5.41, 5.74) is 5.74. The average Bonchev–Trinajstić information content (AvgIpc) is 2.73. The lowest BCUT2D eigenvalue weighted by Crippen LogP contribution is -2.02. The number of aliphatic imine (C=N–C) groups is 1. The highest BCUT2D eigenvalue weighted by Gasteiger charge is 2.16. The molecule has 0 spiro atoms. The lowest BCUT2D eigenvalue weighted by Gasteiger charge is -1.98.